The highest BCUT2D eigenvalue weighted by Gasteiger charge is 2.20. The molecular weight excluding hydrogens is 330 g/mol. The zero-order chi connectivity index (χ0) is 16.2. The molecule has 1 aromatic carbocycles. The summed E-state index contributed by atoms with van der Waals surface area (Å²) in [5.74, 6) is 0.0660. The topological polar surface area (TPSA) is 94.3 Å². The van der Waals surface area contributed by atoms with Crippen LogP contribution in [0, 0.1) is 6.92 Å². The maximum Gasteiger partial charge on any atom is 0.223 e. The molecule has 2 rings (SSSR count). The van der Waals surface area contributed by atoms with E-state index in [9.17, 15) is 8.42 Å². The number of methoxy groups -OCH3 is 1. The van der Waals surface area contributed by atoms with Gasteiger partial charge in [-0.05, 0) is 6.07 Å². The van der Waals surface area contributed by atoms with Gasteiger partial charge in [-0.1, -0.05) is 35.0 Å². The summed E-state index contributed by atoms with van der Waals surface area (Å²) < 4.78 is 36.6. The number of benzene rings is 1. The van der Waals surface area contributed by atoms with Crippen molar-refractivity contribution in [2.24, 2.45) is 0 Å². The fraction of sp³-hybridized carbons (Fsp3) is 0.385. The molecule has 0 aliphatic carbocycles. The molecule has 120 valence electrons. The maximum absolute atomic E-state index is 12.0. The SMILES string of the molecule is COC(CNS(=O)(=O)Cc1noc(C)n1)c1ccccc1Cl. The zero-order valence-electron chi connectivity index (χ0n) is 12.1. The van der Waals surface area contributed by atoms with E-state index in [4.69, 9.17) is 20.9 Å². The van der Waals surface area contributed by atoms with Crippen molar-refractivity contribution in [2.45, 2.75) is 18.8 Å². The number of nitrogens with one attached hydrogen (secondary N) is 1. The highest BCUT2D eigenvalue weighted by atomic mass is 35.5. The van der Waals surface area contributed by atoms with Gasteiger partial charge in [-0.3, -0.25) is 0 Å². The van der Waals surface area contributed by atoms with E-state index >= 15 is 0 Å². The van der Waals surface area contributed by atoms with Crippen LogP contribution in [0.3, 0.4) is 0 Å². The van der Waals surface area contributed by atoms with E-state index in [1.54, 1.807) is 25.1 Å². The monoisotopic (exact) mass is 345 g/mol. The van der Waals surface area contributed by atoms with Gasteiger partial charge >= 0.3 is 0 Å². The lowest BCUT2D eigenvalue weighted by Crippen LogP contribution is -2.30. The lowest BCUT2D eigenvalue weighted by atomic mass is 10.1. The van der Waals surface area contributed by atoms with E-state index < -0.39 is 16.1 Å². The van der Waals surface area contributed by atoms with Crippen LogP contribution >= 0.6 is 11.6 Å². The molecule has 1 aromatic heterocycles. The van der Waals surface area contributed by atoms with Crippen molar-refractivity contribution in [3.05, 3.63) is 46.6 Å². The molecule has 7 nitrogen and oxygen atoms in total. The van der Waals surface area contributed by atoms with Gasteiger partial charge in [0.2, 0.25) is 15.9 Å². The first-order valence-electron chi connectivity index (χ1n) is 6.45. The average Bonchev–Trinajstić information content (AvgIpc) is 2.85. The van der Waals surface area contributed by atoms with E-state index in [2.05, 4.69) is 14.9 Å². The second-order valence-electron chi connectivity index (χ2n) is 4.58. The van der Waals surface area contributed by atoms with Gasteiger partial charge in [0.25, 0.3) is 0 Å². The Morgan fingerprint density at radius 2 is 2.14 bits per heavy atom. The quantitative estimate of drug-likeness (QED) is 0.822. The van der Waals surface area contributed by atoms with Gasteiger partial charge in [-0.25, -0.2) is 13.1 Å². The Morgan fingerprint density at radius 3 is 2.73 bits per heavy atom. The third-order valence-corrected chi connectivity index (χ3v) is 4.50. The average molecular weight is 346 g/mol. The van der Waals surface area contributed by atoms with Crippen LogP contribution in [-0.4, -0.2) is 32.2 Å². The third kappa shape index (κ3) is 4.51. The van der Waals surface area contributed by atoms with Crippen LogP contribution in [0.1, 0.15) is 23.4 Å². The van der Waals surface area contributed by atoms with Crippen molar-refractivity contribution in [1.82, 2.24) is 14.9 Å². The number of hydrogen-bond donors (Lipinski definition) is 1. The minimum atomic E-state index is -3.61. The molecule has 2 aromatic rings. The van der Waals surface area contributed by atoms with Crippen molar-refractivity contribution in [3.63, 3.8) is 0 Å². The second kappa shape index (κ2) is 7.19. The molecule has 1 heterocycles. The van der Waals surface area contributed by atoms with Crippen molar-refractivity contribution in [3.8, 4) is 0 Å². The lowest BCUT2D eigenvalue weighted by molar-refractivity contribution is 0.107. The van der Waals surface area contributed by atoms with E-state index in [1.165, 1.54) is 7.11 Å². The molecule has 0 aliphatic rings. The Bertz CT molecular complexity index is 732. The first-order chi connectivity index (χ1) is 10.4. The van der Waals surface area contributed by atoms with E-state index in [0.717, 1.165) is 0 Å². The molecule has 9 heteroatoms. The van der Waals surface area contributed by atoms with Gasteiger partial charge in [0.1, 0.15) is 5.75 Å². The molecule has 0 bridgehead atoms. The van der Waals surface area contributed by atoms with Crippen LogP contribution in [0.2, 0.25) is 5.02 Å². The molecule has 1 unspecified atom stereocenters. The summed E-state index contributed by atoms with van der Waals surface area (Å²) in [6.45, 7) is 1.65. The van der Waals surface area contributed by atoms with Crippen LogP contribution in [-0.2, 0) is 20.5 Å². The molecule has 1 N–H and O–H groups in total. The van der Waals surface area contributed by atoms with Crippen molar-refractivity contribution < 1.29 is 17.7 Å². The molecular formula is C13H16ClN3O4S. The Balaban J connectivity index is 2.02. The van der Waals surface area contributed by atoms with Crippen LogP contribution < -0.4 is 4.72 Å². The van der Waals surface area contributed by atoms with Gasteiger partial charge in [0.05, 0.1) is 6.10 Å². The van der Waals surface area contributed by atoms with Gasteiger partial charge < -0.3 is 9.26 Å². The molecule has 0 aliphatic heterocycles. The van der Waals surface area contributed by atoms with Crippen LogP contribution in [0.15, 0.2) is 28.8 Å². The molecule has 0 spiro atoms. The molecule has 22 heavy (non-hydrogen) atoms. The van der Waals surface area contributed by atoms with Crippen molar-refractivity contribution in [1.29, 1.82) is 0 Å². The number of aromatic nitrogens is 2. The van der Waals surface area contributed by atoms with Gasteiger partial charge in [-0.2, -0.15) is 4.98 Å². The van der Waals surface area contributed by atoms with E-state index in [-0.39, 0.29) is 18.1 Å². The third-order valence-electron chi connectivity index (χ3n) is 2.91. The number of sulfonamides is 1. The summed E-state index contributed by atoms with van der Waals surface area (Å²) in [5, 5.41) is 4.08. The first-order valence-corrected chi connectivity index (χ1v) is 8.48. The second-order valence-corrected chi connectivity index (χ2v) is 6.80. The van der Waals surface area contributed by atoms with Gasteiger partial charge in [-0.15, -0.1) is 0 Å². The van der Waals surface area contributed by atoms with Crippen LogP contribution in [0.25, 0.3) is 0 Å². The Kier molecular flexibility index (Phi) is 5.52. The number of hydrogen-bond acceptors (Lipinski definition) is 6. The Hall–Kier alpha value is -1.48. The minimum absolute atomic E-state index is 0.0550. The molecule has 0 amide bonds. The van der Waals surface area contributed by atoms with Gasteiger partial charge in [0, 0.05) is 31.2 Å². The molecule has 0 fully saturated rings. The fourth-order valence-corrected chi connectivity index (χ4v) is 3.10. The van der Waals surface area contributed by atoms with E-state index in [0.29, 0.717) is 16.5 Å². The summed E-state index contributed by atoms with van der Waals surface area (Å²) in [4.78, 5) is 3.87. The first kappa shape index (κ1) is 16.9. The van der Waals surface area contributed by atoms with Crippen molar-refractivity contribution >= 4 is 21.6 Å². The Morgan fingerprint density at radius 1 is 1.41 bits per heavy atom. The molecule has 0 saturated carbocycles. The predicted molar refractivity (Wildman–Crippen MR) is 80.9 cm³/mol. The summed E-state index contributed by atoms with van der Waals surface area (Å²) in [7, 11) is -2.11. The normalized spacial score (nSPS) is 13.2. The van der Waals surface area contributed by atoms with E-state index in [1.807, 2.05) is 6.07 Å². The molecule has 0 radical (unpaired) electrons. The largest absolute Gasteiger partial charge is 0.375 e. The predicted octanol–water partition coefficient (Wildman–Crippen LogP) is 1.84. The van der Waals surface area contributed by atoms with Crippen molar-refractivity contribution in [2.75, 3.05) is 13.7 Å². The zero-order valence-corrected chi connectivity index (χ0v) is 13.7. The lowest BCUT2D eigenvalue weighted by Gasteiger charge is -2.17. The summed E-state index contributed by atoms with van der Waals surface area (Å²) in [6.07, 6.45) is -0.490. The summed E-state index contributed by atoms with van der Waals surface area (Å²) in [6, 6.07) is 7.11. The maximum atomic E-state index is 12.0. The number of rotatable bonds is 7. The number of halogens is 1. The molecule has 0 saturated heterocycles. The molecule has 1 atom stereocenters. The van der Waals surface area contributed by atoms with Crippen LogP contribution in [0.5, 0.6) is 0 Å². The highest BCUT2D eigenvalue weighted by molar-refractivity contribution is 7.88. The Labute approximate surface area is 133 Å². The summed E-state index contributed by atoms with van der Waals surface area (Å²) >= 11 is 6.09. The number of ether oxygens (including phenoxy) is 1. The minimum Gasteiger partial charge on any atom is -0.375 e. The smallest absolute Gasteiger partial charge is 0.223 e. The summed E-state index contributed by atoms with van der Waals surface area (Å²) in [5.41, 5.74) is 0.713. The highest BCUT2D eigenvalue weighted by Crippen LogP contribution is 2.24. The fourth-order valence-electron chi connectivity index (χ4n) is 1.88. The van der Waals surface area contributed by atoms with Crippen LogP contribution in [0.4, 0.5) is 0 Å². The van der Waals surface area contributed by atoms with Gasteiger partial charge in [0.15, 0.2) is 5.82 Å². The number of nitrogens with zero attached hydrogens (tertiary/aromatic N) is 2. The standard InChI is InChI=1S/C13H16ClN3O4S/c1-9-16-13(17-21-9)8-22(18,19)15-7-12(20-2)10-5-3-4-6-11(10)14/h3-6,12,15H,7-8H2,1-2H3. The number of aryl methyl sites for hydroxylation is 1.